The summed E-state index contributed by atoms with van der Waals surface area (Å²) in [4.78, 5) is 10.5. The molecule has 1 aromatic carbocycles. The topological polar surface area (TPSA) is 44.5 Å². The Labute approximate surface area is 110 Å². The summed E-state index contributed by atoms with van der Waals surface area (Å²) in [6.07, 6.45) is 3.75. The van der Waals surface area contributed by atoms with E-state index in [-0.39, 0.29) is 5.92 Å². The van der Waals surface area contributed by atoms with Gasteiger partial charge in [0.2, 0.25) is 0 Å². The summed E-state index contributed by atoms with van der Waals surface area (Å²) in [7, 11) is 0. The van der Waals surface area contributed by atoms with E-state index in [1.165, 1.54) is 5.56 Å². The van der Waals surface area contributed by atoms with Gasteiger partial charge in [0.1, 0.15) is 0 Å². The lowest BCUT2D eigenvalue weighted by Gasteiger charge is -2.10. The van der Waals surface area contributed by atoms with Crippen molar-refractivity contribution in [2.75, 3.05) is 0 Å². The van der Waals surface area contributed by atoms with E-state index in [1.807, 2.05) is 18.5 Å². The van der Waals surface area contributed by atoms with Crippen LogP contribution >= 0.6 is 12.2 Å². The molecule has 3 nitrogen and oxygen atoms in total. The molecule has 2 aromatic heterocycles. The van der Waals surface area contributed by atoms with Crippen molar-refractivity contribution >= 4 is 23.1 Å². The van der Waals surface area contributed by atoms with E-state index in [9.17, 15) is 0 Å². The summed E-state index contributed by atoms with van der Waals surface area (Å²) >= 11 is 5.06. The molecule has 0 spiro atoms. The van der Waals surface area contributed by atoms with Gasteiger partial charge >= 0.3 is 0 Å². The van der Waals surface area contributed by atoms with Crippen molar-refractivity contribution in [2.45, 2.75) is 12.8 Å². The predicted molar refractivity (Wildman–Crippen MR) is 75.2 cm³/mol. The van der Waals surface area contributed by atoms with Crippen LogP contribution in [0.15, 0.2) is 42.7 Å². The lowest BCUT2D eigenvalue weighted by atomic mass is 9.97. The van der Waals surface area contributed by atoms with Gasteiger partial charge in [-0.05, 0) is 36.0 Å². The van der Waals surface area contributed by atoms with Crippen LogP contribution in [0.2, 0.25) is 0 Å². The average Bonchev–Trinajstić information content (AvgIpc) is 2.84. The summed E-state index contributed by atoms with van der Waals surface area (Å²) in [5, 5.41) is 1.16. The van der Waals surface area contributed by atoms with Crippen LogP contribution in [0, 0.1) is 4.77 Å². The molecule has 3 aromatic rings. The lowest BCUT2D eigenvalue weighted by molar-refractivity contribution is 0.883. The van der Waals surface area contributed by atoms with Gasteiger partial charge < -0.3 is 9.97 Å². The molecule has 0 aliphatic heterocycles. The minimum absolute atomic E-state index is 0.280. The molecule has 1 unspecified atom stereocenters. The fourth-order valence-corrected chi connectivity index (χ4v) is 2.30. The summed E-state index contributed by atoms with van der Waals surface area (Å²) in [6.45, 7) is 2.16. The number of aromatic nitrogens is 3. The molecule has 0 bridgehead atoms. The highest BCUT2D eigenvalue weighted by Crippen LogP contribution is 2.24. The minimum Gasteiger partial charge on any atom is -0.337 e. The van der Waals surface area contributed by atoms with Crippen molar-refractivity contribution in [3.8, 4) is 0 Å². The zero-order chi connectivity index (χ0) is 12.5. The first-order valence-electron chi connectivity index (χ1n) is 5.86. The number of H-pyrrole nitrogens is 2. The number of fused-ring (bicyclic) bond motifs is 1. The molecule has 0 amide bonds. The van der Waals surface area contributed by atoms with Crippen LogP contribution in [0.25, 0.3) is 10.9 Å². The maximum atomic E-state index is 5.06. The van der Waals surface area contributed by atoms with Crippen molar-refractivity contribution < 1.29 is 0 Å². The van der Waals surface area contributed by atoms with Gasteiger partial charge in [-0.25, -0.2) is 0 Å². The Morgan fingerprint density at radius 2 is 2.17 bits per heavy atom. The molecule has 4 heteroatoms. The molecule has 0 radical (unpaired) electrons. The minimum atomic E-state index is 0.280. The third-order valence-electron chi connectivity index (χ3n) is 3.21. The molecule has 0 aliphatic carbocycles. The predicted octanol–water partition coefficient (Wildman–Crippen LogP) is 3.77. The third kappa shape index (κ3) is 1.95. The number of benzene rings is 1. The van der Waals surface area contributed by atoms with Crippen LogP contribution < -0.4 is 0 Å². The normalized spacial score (nSPS) is 12.7. The van der Waals surface area contributed by atoms with Crippen LogP contribution in [0.4, 0.5) is 0 Å². The molecule has 0 aliphatic rings. The number of hydrogen-bond donors (Lipinski definition) is 2. The standard InChI is InChI=1S/C14H13N3S/c1-9(13-8-16-14(18)17-13)10-4-5-12-11(7-10)3-2-6-15-12/h2-9H,1H3,(H2,16,17,18). The van der Waals surface area contributed by atoms with Gasteiger partial charge in [-0.15, -0.1) is 0 Å². The highest BCUT2D eigenvalue weighted by molar-refractivity contribution is 7.71. The van der Waals surface area contributed by atoms with Gasteiger partial charge in [0.15, 0.2) is 4.77 Å². The second-order valence-corrected chi connectivity index (χ2v) is 4.78. The first-order chi connectivity index (χ1) is 8.74. The quantitative estimate of drug-likeness (QED) is 0.685. The number of imidazole rings is 1. The van der Waals surface area contributed by atoms with E-state index in [2.05, 4.69) is 46.1 Å². The second kappa shape index (κ2) is 4.38. The molecular weight excluding hydrogens is 242 g/mol. The summed E-state index contributed by atoms with van der Waals surface area (Å²) in [5.41, 5.74) is 3.37. The molecule has 18 heavy (non-hydrogen) atoms. The zero-order valence-electron chi connectivity index (χ0n) is 9.97. The van der Waals surface area contributed by atoms with E-state index in [4.69, 9.17) is 12.2 Å². The molecule has 0 saturated carbocycles. The Morgan fingerprint density at radius 1 is 1.28 bits per heavy atom. The maximum absolute atomic E-state index is 5.06. The fraction of sp³-hybridized carbons (Fsp3) is 0.143. The monoisotopic (exact) mass is 255 g/mol. The van der Waals surface area contributed by atoms with Crippen LogP contribution in [-0.2, 0) is 0 Å². The van der Waals surface area contributed by atoms with Crippen molar-refractivity contribution in [2.24, 2.45) is 0 Å². The van der Waals surface area contributed by atoms with Gasteiger partial charge in [0.05, 0.1) is 5.52 Å². The van der Waals surface area contributed by atoms with Gasteiger partial charge in [-0.3, -0.25) is 4.98 Å². The Bertz CT molecular complexity index is 742. The molecule has 0 saturated heterocycles. The van der Waals surface area contributed by atoms with E-state index < -0.39 is 0 Å². The largest absolute Gasteiger partial charge is 0.337 e. The number of pyridine rings is 1. The zero-order valence-corrected chi connectivity index (χ0v) is 10.8. The molecule has 3 rings (SSSR count). The van der Waals surface area contributed by atoms with Crippen molar-refractivity contribution in [3.63, 3.8) is 0 Å². The Kier molecular flexibility index (Phi) is 2.72. The summed E-state index contributed by atoms with van der Waals surface area (Å²) < 4.78 is 0.666. The fourth-order valence-electron chi connectivity index (χ4n) is 2.12. The number of rotatable bonds is 2. The number of nitrogens with zero attached hydrogens (tertiary/aromatic N) is 1. The second-order valence-electron chi connectivity index (χ2n) is 4.38. The Morgan fingerprint density at radius 3 is 2.94 bits per heavy atom. The van der Waals surface area contributed by atoms with Crippen molar-refractivity contribution in [1.82, 2.24) is 15.0 Å². The summed E-state index contributed by atoms with van der Waals surface area (Å²) in [5.74, 6) is 0.280. The Balaban J connectivity index is 2.06. The summed E-state index contributed by atoms with van der Waals surface area (Å²) in [6, 6.07) is 10.4. The molecule has 2 N–H and O–H groups in total. The number of nitrogens with one attached hydrogen (secondary N) is 2. The lowest BCUT2D eigenvalue weighted by Crippen LogP contribution is -1.96. The van der Waals surface area contributed by atoms with Gasteiger partial charge in [0, 0.05) is 29.4 Å². The maximum Gasteiger partial charge on any atom is 0.174 e. The molecule has 1 atom stereocenters. The first-order valence-corrected chi connectivity index (χ1v) is 6.27. The highest BCUT2D eigenvalue weighted by atomic mass is 32.1. The molecule has 90 valence electrons. The van der Waals surface area contributed by atoms with Crippen molar-refractivity contribution in [3.05, 3.63) is 58.8 Å². The van der Waals surface area contributed by atoms with Crippen LogP contribution in [0.5, 0.6) is 0 Å². The van der Waals surface area contributed by atoms with E-state index in [0.717, 1.165) is 16.6 Å². The van der Waals surface area contributed by atoms with E-state index in [0.29, 0.717) is 4.77 Å². The van der Waals surface area contributed by atoms with Crippen LogP contribution in [0.1, 0.15) is 24.1 Å². The average molecular weight is 255 g/mol. The number of hydrogen-bond acceptors (Lipinski definition) is 2. The van der Waals surface area contributed by atoms with Gasteiger partial charge in [-0.2, -0.15) is 0 Å². The Hall–Kier alpha value is -1.94. The molecular formula is C14H13N3S. The molecule has 2 heterocycles. The first kappa shape index (κ1) is 11.2. The highest BCUT2D eigenvalue weighted by Gasteiger charge is 2.10. The van der Waals surface area contributed by atoms with Gasteiger partial charge in [0.25, 0.3) is 0 Å². The van der Waals surface area contributed by atoms with Gasteiger partial charge in [-0.1, -0.05) is 19.1 Å². The smallest absolute Gasteiger partial charge is 0.174 e. The third-order valence-corrected chi connectivity index (χ3v) is 3.43. The van der Waals surface area contributed by atoms with Crippen LogP contribution in [-0.4, -0.2) is 15.0 Å². The van der Waals surface area contributed by atoms with Crippen molar-refractivity contribution in [1.29, 1.82) is 0 Å². The van der Waals surface area contributed by atoms with E-state index in [1.54, 1.807) is 0 Å². The number of aromatic amines is 2. The van der Waals surface area contributed by atoms with E-state index >= 15 is 0 Å². The van der Waals surface area contributed by atoms with Crippen LogP contribution in [0.3, 0.4) is 0 Å². The SMILES string of the molecule is CC(c1ccc2ncccc2c1)c1c[nH]c(=S)[nH]1. The molecule has 0 fully saturated rings.